The van der Waals surface area contributed by atoms with Crippen LogP contribution in [0.4, 0.5) is 5.69 Å². The maximum absolute atomic E-state index is 11.5. The van der Waals surface area contributed by atoms with Gasteiger partial charge in [0.15, 0.2) is 0 Å². The molecule has 0 fully saturated rings. The predicted octanol–water partition coefficient (Wildman–Crippen LogP) is 3.29. The van der Waals surface area contributed by atoms with Gasteiger partial charge < -0.3 is 5.11 Å². The van der Waals surface area contributed by atoms with Gasteiger partial charge >= 0.3 is 0 Å². The molecule has 0 saturated heterocycles. The van der Waals surface area contributed by atoms with Gasteiger partial charge in [-0.05, 0) is 19.4 Å². The van der Waals surface area contributed by atoms with Gasteiger partial charge in [0, 0.05) is 28.6 Å². The number of nitro groups is 1. The van der Waals surface area contributed by atoms with Crippen LogP contribution in [0.1, 0.15) is 38.4 Å². The largest absolute Gasteiger partial charge is 0.388 e. The van der Waals surface area contributed by atoms with E-state index in [1.807, 2.05) is 6.92 Å². The number of nitro benzene ring substituents is 1. The number of hydrogen-bond acceptors (Lipinski definition) is 4. The summed E-state index contributed by atoms with van der Waals surface area (Å²) in [5.41, 5.74) is 0.0711. The number of aliphatic hydroxyl groups excluding tert-OH is 1. The first-order chi connectivity index (χ1) is 8.88. The molecule has 0 bridgehead atoms. The van der Waals surface area contributed by atoms with Crippen molar-refractivity contribution in [3.63, 3.8) is 0 Å². The van der Waals surface area contributed by atoms with Crippen LogP contribution in [0.3, 0.4) is 0 Å². The number of benzene rings is 1. The summed E-state index contributed by atoms with van der Waals surface area (Å²) in [6, 6.07) is 3.85. The summed E-state index contributed by atoms with van der Waals surface area (Å²) >= 11 is 5.95. The van der Waals surface area contributed by atoms with Gasteiger partial charge in [0.2, 0.25) is 0 Å². The molecule has 0 spiro atoms. The normalized spacial score (nSPS) is 13.9. The van der Waals surface area contributed by atoms with E-state index < -0.39 is 16.9 Å². The second kappa shape index (κ2) is 6.63. The van der Waals surface area contributed by atoms with E-state index in [2.05, 4.69) is 0 Å². The lowest BCUT2D eigenvalue weighted by Gasteiger charge is -2.21. The van der Waals surface area contributed by atoms with Gasteiger partial charge in [-0.3, -0.25) is 14.9 Å². The Morgan fingerprint density at radius 1 is 1.53 bits per heavy atom. The van der Waals surface area contributed by atoms with Crippen molar-refractivity contribution in [2.75, 3.05) is 0 Å². The van der Waals surface area contributed by atoms with E-state index in [0.29, 0.717) is 6.42 Å². The number of carbonyl (C=O) groups is 1. The topological polar surface area (TPSA) is 80.4 Å². The maximum Gasteiger partial charge on any atom is 0.269 e. The fourth-order valence-electron chi connectivity index (χ4n) is 1.98. The number of nitrogens with zero attached hydrogens (tertiary/aromatic N) is 1. The van der Waals surface area contributed by atoms with Crippen LogP contribution in [0.2, 0.25) is 5.02 Å². The minimum absolute atomic E-state index is 0.155. The zero-order chi connectivity index (χ0) is 14.6. The molecule has 1 rings (SSSR count). The summed E-state index contributed by atoms with van der Waals surface area (Å²) in [7, 11) is 0. The van der Waals surface area contributed by atoms with E-state index in [-0.39, 0.29) is 22.1 Å². The number of Topliss-reactive ketones (excluding diaryl/α,β-unsaturated/α-hetero) is 1. The van der Waals surface area contributed by atoms with Crippen molar-refractivity contribution in [2.45, 2.75) is 32.8 Å². The summed E-state index contributed by atoms with van der Waals surface area (Å²) < 4.78 is 0. The van der Waals surface area contributed by atoms with Gasteiger partial charge in [-0.2, -0.15) is 0 Å². The fraction of sp³-hybridized carbons (Fsp3) is 0.462. The molecule has 0 aliphatic carbocycles. The zero-order valence-corrected chi connectivity index (χ0v) is 11.6. The molecule has 0 aliphatic rings. The molecule has 1 N–H and O–H groups in total. The first kappa shape index (κ1) is 15.6. The molecule has 0 aromatic heterocycles. The third-order valence-corrected chi connectivity index (χ3v) is 3.36. The number of aliphatic hydroxyl groups is 1. The van der Waals surface area contributed by atoms with Crippen LogP contribution in [0.15, 0.2) is 18.2 Å². The Kier molecular flexibility index (Phi) is 5.44. The highest BCUT2D eigenvalue weighted by molar-refractivity contribution is 6.31. The Morgan fingerprint density at radius 3 is 2.63 bits per heavy atom. The Morgan fingerprint density at radius 2 is 2.16 bits per heavy atom. The lowest BCUT2D eigenvalue weighted by atomic mass is 9.89. The molecule has 2 atom stereocenters. The summed E-state index contributed by atoms with van der Waals surface area (Å²) in [6.45, 7) is 3.30. The maximum atomic E-state index is 11.5. The van der Waals surface area contributed by atoms with E-state index in [0.717, 1.165) is 6.42 Å². The number of ketones is 1. The zero-order valence-electron chi connectivity index (χ0n) is 10.8. The summed E-state index contributed by atoms with van der Waals surface area (Å²) in [6.07, 6.45) is 0.119. The van der Waals surface area contributed by atoms with Crippen molar-refractivity contribution in [1.29, 1.82) is 0 Å². The van der Waals surface area contributed by atoms with Gasteiger partial charge in [-0.25, -0.2) is 0 Å². The van der Waals surface area contributed by atoms with E-state index in [9.17, 15) is 20.0 Å². The van der Waals surface area contributed by atoms with Gasteiger partial charge in [0.1, 0.15) is 5.78 Å². The minimum atomic E-state index is -1.12. The van der Waals surface area contributed by atoms with Gasteiger partial charge in [0.05, 0.1) is 11.0 Å². The van der Waals surface area contributed by atoms with E-state index in [1.54, 1.807) is 0 Å². The molecule has 0 unspecified atom stereocenters. The van der Waals surface area contributed by atoms with Crippen LogP contribution >= 0.6 is 11.6 Å². The molecule has 1 aromatic rings. The van der Waals surface area contributed by atoms with Crippen LogP contribution in [-0.4, -0.2) is 15.8 Å². The molecule has 0 aliphatic heterocycles. The highest BCUT2D eigenvalue weighted by Crippen LogP contribution is 2.33. The number of non-ortho nitro benzene ring substituents is 1. The second-order valence-electron chi connectivity index (χ2n) is 4.41. The van der Waals surface area contributed by atoms with Crippen molar-refractivity contribution in [3.8, 4) is 0 Å². The molecule has 104 valence electrons. The Hall–Kier alpha value is -1.46. The smallest absolute Gasteiger partial charge is 0.269 e. The lowest BCUT2D eigenvalue weighted by molar-refractivity contribution is -0.385. The van der Waals surface area contributed by atoms with Crippen LogP contribution in [0, 0.1) is 16.0 Å². The van der Waals surface area contributed by atoms with Crippen LogP contribution in [0.5, 0.6) is 0 Å². The first-order valence-corrected chi connectivity index (χ1v) is 6.38. The minimum Gasteiger partial charge on any atom is -0.388 e. The summed E-state index contributed by atoms with van der Waals surface area (Å²) in [4.78, 5) is 21.7. The van der Waals surface area contributed by atoms with Crippen molar-refractivity contribution in [2.24, 2.45) is 5.92 Å². The van der Waals surface area contributed by atoms with Gasteiger partial charge in [-0.1, -0.05) is 24.9 Å². The van der Waals surface area contributed by atoms with Crippen LogP contribution < -0.4 is 0 Å². The average Bonchev–Trinajstić information content (AvgIpc) is 2.35. The Balaban J connectivity index is 3.15. The van der Waals surface area contributed by atoms with E-state index in [1.165, 1.54) is 25.1 Å². The molecule has 1 aromatic carbocycles. The molecule has 0 amide bonds. The van der Waals surface area contributed by atoms with Gasteiger partial charge in [-0.15, -0.1) is 0 Å². The quantitative estimate of drug-likeness (QED) is 0.642. The van der Waals surface area contributed by atoms with E-state index in [4.69, 9.17) is 11.6 Å². The second-order valence-corrected chi connectivity index (χ2v) is 4.82. The standard InChI is InChI=1S/C13H16ClNO4/c1-3-4-10(8(2)16)13(17)11-7-9(15(18)19)5-6-12(11)14/h5-7,10,13,17H,3-4H2,1-2H3/t10-,13-/m0/s1. The van der Waals surface area contributed by atoms with Crippen molar-refractivity contribution in [1.82, 2.24) is 0 Å². The molecule has 0 saturated carbocycles. The monoisotopic (exact) mass is 285 g/mol. The highest BCUT2D eigenvalue weighted by atomic mass is 35.5. The SMILES string of the molecule is CCC[C@@H](C(C)=O)[C@H](O)c1cc([N+](=O)[O-])ccc1Cl. The molecule has 6 heteroatoms. The molecular formula is C13H16ClNO4. The van der Waals surface area contributed by atoms with Crippen molar-refractivity contribution in [3.05, 3.63) is 38.9 Å². The first-order valence-electron chi connectivity index (χ1n) is 6.00. The molecule has 5 nitrogen and oxygen atoms in total. The van der Waals surface area contributed by atoms with Crippen LogP contribution in [0.25, 0.3) is 0 Å². The van der Waals surface area contributed by atoms with Gasteiger partial charge in [0.25, 0.3) is 5.69 Å². The lowest BCUT2D eigenvalue weighted by Crippen LogP contribution is -2.20. The molecule has 0 heterocycles. The Labute approximate surface area is 116 Å². The number of carbonyl (C=O) groups excluding carboxylic acids is 1. The molecule has 19 heavy (non-hydrogen) atoms. The van der Waals surface area contributed by atoms with Crippen LogP contribution in [-0.2, 0) is 4.79 Å². The highest BCUT2D eigenvalue weighted by Gasteiger charge is 2.27. The average molecular weight is 286 g/mol. The number of hydrogen-bond donors (Lipinski definition) is 1. The third kappa shape index (κ3) is 3.75. The van der Waals surface area contributed by atoms with Crippen molar-refractivity contribution >= 4 is 23.1 Å². The summed E-state index contributed by atoms with van der Waals surface area (Å²) in [5, 5.41) is 21.2. The fourth-order valence-corrected chi connectivity index (χ4v) is 2.21. The predicted molar refractivity (Wildman–Crippen MR) is 72.1 cm³/mol. The number of rotatable bonds is 6. The summed E-state index contributed by atoms with van der Waals surface area (Å²) in [5.74, 6) is -0.749. The third-order valence-electron chi connectivity index (χ3n) is 3.01. The molecular weight excluding hydrogens is 270 g/mol. The number of halogens is 1. The Bertz CT molecular complexity index is 490. The van der Waals surface area contributed by atoms with E-state index >= 15 is 0 Å². The van der Waals surface area contributed by atoms with Crippen molar-refractivity contribution < 1.29 is 14.8 Å². The molecule has 0 radical (unpaired) electrons.